The van der Waals surface area contributed by atoms with E-state index in [1.807, 2.05) is 0 Å². The molecule has 5 amide bonds. The Kier molecular flexibility index (Phi) is 6.44. The van der Waals surface area contributed by atoms with Gasteiger partial charge in [-0.15, -0.1) is 0 Å². The molecule has 14 heteroatoms. The van der Waals surface area contributed by atoms with Crippen molar-refractivity contribution in [3.63, 3.8) is 0 Å². The molecule has 11 nitrogen and oxygen atoms in total. The molecule has 3 atom stereocenters. The van der Waals surface area contributed by atoms with Gasteiger partial charge in [0.25, 0.3) is 5.91 Å². The SMILES string of the molecule is COc1cc([C@@H]2c3sc(=O)n(CC(=O)Nc4ccc(F)cc4)c3SC3C(=O)N(C(N)=O)C(=O)C32)ccc1O. The molecule has 2 unspecified atom stereocenters. The number of halogens is 1. The Morgan fingerprint density at radius 1 is 1.13 bits per heavy atom. The Balaban J connectivity index is 1.58. The number of rotatable bonds is 5. The van der Waals surface area contributed by atoms with Crippen LogP contribution in [-0.4, -0.2) is 50.7 Å². The zero-order valence-corrected chi connectivity index (χ0v) is 21.2. The number of thiazole rings is 1. The average Bonchev–Trinajstić information content (AvgIpc) is 3.32. The van der Waals surface area contributed by atoms with Crippen molar-refractivity contribution in [1.29, 1.82) is 0 Å². The molecule has 1 fully saturated rings. The highest BCUT2D eigenvalue weighted by Crippen LogP contribution is 2.53. The minimum atomic E-state index is -1.21. The van der Waals surface area contributed by atoms with E-state index >= 15 is 0 Å². The number of nitrogens with zero attached hydrogens (tertiary/aromatic N) is 2. The van der Waals surface area contributed by atoms with Crippen molar-refractivity contribution in [2.24, 2.45) is 11.7 Å². The number of fused-ring (bicyclic) bond motifs is 2. The standard InChI is InChI=1S/C24H19FN4O7S2/c1-36-14-8-10(2-7-13(14)30)16-17-18(21(33)29(20(17)32)23(26)34)37-22-19(16)38-24(35)28(22)9-15(31)27-12-5-3-11(25)4-6-12/h2-8,16-18,30H,9H2,1H3,(H2,26,34)(H,27,31)/t16-,17?,18?/m0/s1. The molecule has 0 bridgehead atoms. The lowest BCUT2D eigenvalue weighted by atomic mass is 9.83. The van der Waals surface area contributed by atoms with Crippen LogP contribution in [0.2, 0.25) is 0 Å². The number of amides is 5. The number of imide groups is 3. The Morgan fingerprint density at radius 2 is 1.84 bits per heavy atom. The number of nitrogens with two attached hydrogens (primary N) is 1. The fourth-order valence-corrected chi connectivity index (χ4v) is 7.37. The number of methoxy groups -OCH3 is 1. The number of urea groups is 1. The van der Waals surface area contributed by atoms with Crippen molar-refractivity contribution in [3.05, 3.63) is 68.4 Å². The van der Waals surface area contributed by atoms with Crippen molar-refractivity contribution in [2.45, 2.75) is 22.7 Å². The van der Waals surface area contributed by atoms with Crippen LogP contribution in [0.25, 0.3) is 0 Å². The average molecular weight is 559 g/mol. The highest BCUT2D eigenvalue weighted by molar-refractivity contribution is 8.00. The van der Waals surface area contributed by atoms with E-state index < -0.39 is 58.1 Å². The van der Waals surface area contributed by atoms with Crippen LogP contribution in [0.3, 0.4) is 0 Å². The minimum Gasteiger partial charge on any atom is -0.504 e. The lowest BCUT2D eigenvalue weighted by Crippen LogP contribution is -2.41. The molecule has 1 aromatic heterocycles. The quantitative estimate of drug-likeness (QED) is 0.401. The molecule has 0 aliphatic carbocycles. The second kappa shape index (κ2) is 9.61. The third-order valence-corrected chi connectivity index (χ3v) is 8.87. The molecular formula is C24H19FN4O7S2. The maximum absolute atomic E-state index is 13.2. The summed E-state index contributed by atoms with van der Waals surface area (Å²) in [6.07, 6.45) is 0. The third kappa shape index (κ3) is 4.20. The molecule has 0 spiro atoms. The van der Waals surface area contributed by atoms with Gasteiger partial charge in [0.05, 0.1) is 18.1 Å². The van der Waals surface area contributed by atoms with Crippen LogP contribution in [0.15, 0.2) is 52.3 Å². The number of primary amides is 1. The summed E-state index contributed by atoms with van der Waals surface area (Å²) in [7, 11) is 1.34. The molecule has 2 aromatic carbocycles. The van der Waals surface area contributed by atoms with Crippen LogP contribution in [0.1, 0.15) is 16.4 Å². The van der Waals surface area contributed by atoms with Gasteiger partial charge < -0.3 is 20.9 Å². The molecule has 2 aliphatic rings. The summed E-state index contributed by atoms with van der Waals surface area (Å²) in [6.45, 7) is -0.417. The predicted octanol–water partition coefficient (Wildman–Crippen LogP) is 2.07. The number of aromatic hydroxyl groups is 1. The van der Waals surface area contributed by atoms with Gasteiger partial charge >= 0.3 is 10.9 Å². The van der Waals surface area contributed by atoms with Gasteiger partial charge in [-0.3, -0.25) is 23.7 Å². The molecule has 196 valence electrons. The number of carbonyl (C=O) groups is 4. The number of phenols is 1. The molecule has 3 heterocycles. The van der Waals surface area contributed by atoms with E-state index in [1.165, 1.54) is 54.1 Å². The number of likely N-dealkylation sites (tertiary alicyclic amines) is 1. The maximum atomic E-state index is 13.2. The van der Waals surface area contributed by atoms with Crippen molar-refractivity contribution >= 4 is 52.5 Å². The van der Waals surface area contributed by atoms with Crippen LogP contribution in [0.5, 0.6) is 11.5 Å². The van der Waals surface area contributed by atoms with Crippen LogP contribution in [-0.2, 0) is 20.9 Å². The van der Waals surface area contributed by atoms with E-state index in [9.17, 15) is 33.5 Å². The maximum Gasteiger partial charge on any atom is 0.328 e. The van der Waals surface area contributed by atoms with Gasteiger partial charge in [-0.25, -0.2) is 9.18 Å². The highest BCUT2D eigenvalue weighted by atomic mass is 32.2. The first-order valence-electron chi connectivity index (χ1n) is 11.1. The molecule has 0 saturated carbocycles. The van der Waals surface area contributed by atoms with Crippen molar-refractivity contribution in [3.8, 4) is 11.5 Å². The van der Waals surface area contributed by atoms with Crippen molar-refractivity contribution in [1.82, 2.24) is 9.47 Å². The number of aromatic nitrogens is 1. The van der Waals surface area contributed by atoms with Gasteiger partial charge in [0.1, 0.15) is 17.6 Å². The molecule has 4 N–H and O–H groups in total. The normalized spacial score (nSPS) is 20.2. The number of hydrogen-bond donors (Lipinski definition) is 3. The topological polar surface area (TPSA) is 161 Å². The molecule has 1 saturated heterocycles. The minimum absolute atomic E-state index is 0.104. The molecule has 3 aromatic rings. The molecule has 38 heavy (non-hydrogen) atoms. The zero-order chi connectivity index (χ0) is 27.3. The Labute approximate surface area is 222 Å². The number of benzene rings is 2. The number of hydrogen-bond acceptors (Lipinski definition) is 9. The monoisotopic (exact) mass is 558 g/mol. The summed E-state index contributed by atoms with van der Waals surface area (Å²) in [5, 5.41) is 11.9. The van der Waals surface area contributed by atoms with Gasteiger partial charge in [0, 0.05) is 16.5 Å². The van der Waals surface area contributed by atoms with E-state index in [2.05, 4.69) is 5.32 Å². The first-order valence-corrected chi connectivity index (χ1v) is 12.8. The first-order chi connectivity index (χ1) is 18.1. The summed E-state index contributed by atoms with van der Waals surface area (Å²) in [5.74, 6) is -4.66. The summed E-state index contributed by atoms with van der Waals surface area (Å²) in [6, 6.07) is 8.24. The number of phenolic OH excluding ortho intramolecular Hbond substituents is 1. The van der Waals surface area contributed by atoms with Crippen molar-refractivity contribution < 1.29 is 33.4 Å². The van der Waals surface area contributed by atoms with Gasteiger partial charge in [-0.1, -0.05) is 29.2 Å². The lowest BCUT2D eigenvalue weighted by molar-refractivity contribution is -0.135. The van der Waals surface area contributed by atoms with Gasteiger partial charge in [0.15, 0.2) is 11.5 Å². The number of nitrogens with one attached hydrogen (secondary N) is 1. The smallest absolute Gasteiger partial charge is 0.328 e. The van der Waals surface area contributed by atoms with Crippen LogP contribution in [0, 0.1) is 11.7 Å². The number of thioether (sulfide) groups is 1. The summed E-state index contributed by atoms with van der Waals surface area (Å²) in [4.78, 5) is 64.4. The van der Waals surface area contributed by atoms with Gasteiger partial charge in [0.2, 0.25) is 11.8 Å². The predicted molar refractivity (Wildman–Crippen MR) is 135 cm³/mol. The Bertz CT molecular complexity index is 1550. The number of carbonyl (C=O) groups excluding carboxylic acids is 4. The van der Waals surface area contributed by atoms with Crippen LogP contribution >= 0.6 is 23.1 Å². The molecule has 5 rings (SSSR count). The largest absolute Gasteiger partial charge is 0.504 e. The fraction of sp³-hybridized carbons (Fsp3) is 0.208. The van der Waals surface area contributed by atoms with Crippen LogP contribution < -0.4 is 20.7 Å². The highest BCUT2D eigenvalue weighted by Gasteiger charge is 2.58. The fourth-order valence-electron chi connectivity index (χ4n) is 4.60. The summed E-state index contributed by atoms with van der Waals surface area (Å²) in [5.41, 5.74) is 6.09. The molecule has 2 aliphatic heterocycles. The van der Waals surface area contributed by atoms with E-state index in [0.717, 1.165) is 23.1 Å². The number of anilines is 1. The third-order valence-electron chi connectivity index (χ3n) is 6.26. The van der Waals surface area contributed by atoms with Crippen molar-refractivity contribution in [2.75, 3.05) is 12.4 Å². The van der Waals surface area contributed by atoms with Gasteiger partial charge in [-0.05, 0) is 42.0 Å². The van der Waals surface area contributed by atoms with E-state index in [0.29, 0.717) is 26.1 Å². The molecule has 0 radical (unpaired) electrons. The Hall–Kier alpha value is -4.17. The van der Waals surface area contributed by atoms with E-state index in [-0.39, 0.29) is 11.5 Å². The number of ether oxygens (including phenoxy) is 1. The lowest BCUT2D eigenvalue weighted by Gasteiger charge is -2.30. The van der Waals surface area contributed by atoms with E-state index in [4.69, 9.17) is 10.5 Å². The Morgan fingerprint density at radius 3 is 2.50 bits per heavy atom. The first kappa shape index (κ1) is 25.5. The van der Waals surface area contributed by atoms with Gasteiger partial charge in [-0.2, -0.15) is 4.90 Å². The summed E-state index contributed by atoms with van der Waals surface area (Å²) >= 11 is 1.72. The second-order valence-electron chi connectivity index (χ2n) is 8.50. The molecular weight excluding hydrogens is 539 g/mol. The summed E-state index contributed by atoms with van der Waals surface area (Å²) < 4.78 is 19.6. The van der Waals surface area contributed by atoms with Crippen LogP contribution in [0.4, 0.5) is 14.9 Å². The second-order valence-corrected chi connectivity index (χ2v) is 10.6. The zero-order valence-electron chi connectivity index (χ0n) is 19.5. The van der Waals surface area contributed by atoms with E-state index in [1.54, 1.807) is 0 Å².